The first kappa shape index (κ1) is 18.6. The molecule has 3 rings (SSSR count). The van der Waals surface area contributed by atoms with E-state index in [2.05, 4.69) is 5.32 Å². The van der Waals surface area contributed by atoms with Gasteiger partial charge in [0.05, 0.1) is 11.0 Å². The Morgan fingerprint density at radius 2 is 1.81 bits per heavy atom. The minimum absolute atomic E-state index is 0.0887. The summed E-state index contributed by atoms with van der Waals surface area (Å²) in [7, 11) is -3.68. The van der Waals surface area contributed by atoms with Crippen LogP contribution in [0.3, 0.4) is 0 Å². The number of rotatable bonds is 4. The van der Waals surface area contributed by atoms with Crippen LogP contribution in [0.5, 0.6) is 0 Å². The molecule has 1 aliphatic heterocycles. The molecule has 2 aromatic carbocycles. The summed E-state index contributed by atoms with van der Waals surface area (Å²) in [5, 5.41) is 12.3. The second kappa shape index (κ2) is 7.57. The molecule has 0 atom stereocenters. The van der Waals surface area contributed by atoms with Gasteiger partial charge in [-0.05, 0) is 55.7 Å². The molecule has 0 bridgehead atoms. The lowest BCUT2D eigenvalue weighted by molar-refractivity contribution is 0.102. The van der Waals surface area contributed by atoms with E-state index in [-0.39, 0.29) is 29.5 Å². The van der Waals surface area contributed by atoms with E-state index in [0.717, 1.165) is 5.56 Å². The van der Waals surface area contributed by atoms with E-state index in [1.165, 1.54) is 16.4 Å². The molecule has 1 heterocycles. The zero-order valence-electron chi connectivity index (χ0n) is 14.6. The van der Waals surface area contributed by atoms with Crippen molar-refractivity contribution in [3.05, 3.63) is 59.7 Å². The molecule has 1 saturated heterocycles. The third-order valence-electron chi connectivity index (χ3n) is 4.43. The van der Waals surface area contributed by atoms with Crippen LogP contribution in [0, 0.1) is 6.92 Å². The van der Waals surface area contributed by atoms with Gasteiger partial charge in [-0.2, -0.15) is 4.31 Å². The summed E-state index contributed by atoms with van der Waals surface area (Å²) in [6, 6.07) is 13.4. The van der Waals surface area contributed by atoms with Crippen LogP contribution in [-0.4, -0.2) is 42.9 Å². The summed E-state index contributed by atoms with van der Waals surface area (Å²) in [6.45, 7) is 2.49. The summed E-state index contributed by atoms with van der Waals surface area (Å²) in [4.78, 5) is 12.6. The van der Waals surface area contributed by atoms with E-state index < -0.39 is 16.1 Å². The van der Waals surface area contributed by atoms with Gasteiger partial charge in [-0.1, -0.05) is 18.2 Å². The van der Waals surface area contributed by atoms with Crippen LogP contribution in [0.1, 0.15) is 28.8 Å². The van der Waals surface area contributed by atoms with Gasteiger partial charge in [-0.3, -0.25) is 4.79 Å². The number of hydrogen-bond acceptors (Lipinski definition) is 4. The number of nitrogens with one attached hydrogen (secondary N) is 1. The molecule has 7 heteroatoms. The monoisotopic (exact) mass is 374 g/mol. The van der Waals surface area contributed by atoms with Crippen LogP contribution in [0.4, 0.5) is 5.69 Å². The Bertz CT molecular complexity index is 903. The van der Waals surface area contributed by atoms with E-state index >= 15 is 0 Å². The number of piperidine rings is 1. The predicted octanol–water partition coefficient (Wildman–Crippen LogP) is 2.39. The van der Waals surface area contributed by atoms with Crippen LogP contribution < -0.4 is 5.32 Å². The number of anilines is 1. The number of carbonyl (C=O) groups excluding carboxylic acids is 1. The zero-order valence-corrected chi connectivity index (χ0v) is 15.4. The fourth-order valence-corrected chi connectivity index (χ4v) is 4.47. The highest BCUT2D eigenvalue weighted by molar-refractivity contribution is 7.89. The zero-order chi connectivity index (χ0) is 18.7. The first-order valence-electron chi connectivity index (χ1n) is 8.52. The second-order valence-corrected chi connectivity index (χ2v) is 8.42. The van der Waals surface area contributed by atoms with Gasteiger partial charge in [0.25, 0.3) is 5.91 Å². The van der Waals surface area contributed by atoms with Gasteiger partial charge in [0.1, 0.15) is 0 Å². The van der Waals surface area contributed by atoms with E-state index in [1.807, 2.05) is 25.1 Å². The highest BCUT2D eigenvalue weighted by Crippen LogP contribution is 2.22. The average Bonchev–Trinajstić information content (AvgIpc) is 2.62. The normalized spacial score (nSPS) is 16.4. The quantitative estimate of drug-likeness (QED) is 0.860. The molecule has 138 valence electrons. The number of sulfonamides is 1. The second-order valence-electron chi connectivity index (χ2n) is 6.49. The molecule has 1 fully saturated rings. The van der Waals surface area contributed by atoms with Gasteiger partial charge in [0, 0.05) is 24.3 Å². The maximum Gasteiger partial charge on any atom is 0.255 e. The molecule has 6 nitrogen and oxygen atoms in total. The smallest absolute Gasteiger partial charge is 0.255 e. The molecular formula is C19H22N2O4S. The number of amides is 1. The van der Waals surface area contributed by atoms with Gasteiger partial charge < -0.3 is 10.4 Å². The standard InChI is InChI=1S/C19H22N2O4S/c1-14-4-2-6-16(12-14)20-19(23)15-5-3-7-18(13-15)26(24,25)21-10-8-17(22)9-11-21/h2-7,12-13,17,22H,8-11H2,1H3,(H,20,23). The average molecular weight is 374 g/mol. The maximum absolute atomic E-state index is 12.8. The largest absolute Gasteiger partial charge is 0.393 e. The Morgan fingerprint density at radius 3 is 2.50 bits per heavy atom. The SMILES string of the molecule is Cc1cccc(NC(=O)c2cccc(S(=O)(=O)N3CCC(O)CC3)c2)c1. The van der Waals surface area contributed by atoms with Crippen LogP contribution in [0.15, 0.2) is 53.4 Å². The van der Waals surface area contributed by atoms with Crippen molar-refractivity contribution < 1.29 is 18.3 Å². The van der Waals surface area contributed by atoms with E-state index in [1.54, 1.807) is 18.2 Å². The summed E-state index contributed by atoms with van der Waals surface area (Å²) in [5.74, 6) is -0.360. The summed E-state index contributed by atoms with van der Waals surface area (Å²) < 4.78 is 26.9. The van der Waals surface area contributed by atoms with Gasteiger partial charge in [-0.15, -0.1) is 0 Å². The molecule has 2 aromatic rings. The molecule has 0 aliphatic carbocycles. The van der Waals surface area contributed by atoms with Crippen molar-refractivity contribution in [2.45, 2.75) is 30.8 Å². The fourth-order valence-electron chi connectivity index (χ4n) is 2.96. The summed E-state index contributed by atoms with van der Waals surface area (Å²) >= 11 is 0. The number of carbonyl (C=O) groups is 1. The Kier molecular flexibility index (Phi) is 5.41. The molecular weight excluding hydrogens is 352 g/mol. The van der Waals surface area contributed by atoms with Crippen LogP contribution in [-0.2, 0) is 10.0 Å². The molecule has 0 aromatic heterocycles. The number of aliphatic hydroxyl groups excluding tert-OH is 1. The van der Waals surface area contributed by atoms with Crippen molar-refractivity contribution in [2.24, 2.45) is 0 Å². The highest BCUT2D eigenvalue weighted by Gasteiger charge is 2.29. The molecule has 0 spiro atoms. The van der Waals surface area contributed by atoms with Gasteiger partial charge in [-0.25, -0.2) is 8.42 Å². The van der Waals surface area contributed by atoms with Crippen molar-refractivity contribution in [2.75, 3.05) is 18.4 Å². The van der Waals surface area contributed by atoms with E-state index in [0.29, 0.717) is 18.5 Å². The first-order chi connectivity index (χ1) is 12.4. The number of benzene rings is 2. The summed E-state index contributed by atoms with van der Waals surface area (Å²) in [6.07, 6.45) is 0.396. The molecule has 0 unspecified atom stereocenters. The maximum atomic E-state index is 12.8. The molecule has 0 radical (unpaired) electrons. The van der Waals surface area contributed by atoms with Crippen LogP contribution in [0.25, 0.3) is 0 Å². The topological polar surface area (TPSA) is 86.7 Å². The van der Waals surface area contributed by atoms with Gasteiger partial charge in [0.15, 0.2) is 0 Å². The van der Waals surface area contributed by atoms with Crippen LogP contribution >= 0.6 is 0 Å². The third-order valence-corrected chi connectivity index (χ3v) is 6.33. The van der Waals surface area contributed by atoms with Gasteiger partial charge in [0.2, 0.25) is 10.0 Å². The Hall–Kier alpha value is -2.22. The van der Waals surface area contributed by atoms with Crippen molar-refractivity contribution >= 4 is 21.6 Å². The Morgan fingerprint density at radius 1 is 1.12 bits per heavy atom. The Balaban J connectivity index is 1.80. The lowest BCUT2D eigenvalue weighted by atomic mass is 10.1. The highest BCUT2D eigenvalue weighted by atomic mass is 32.2. The van der Waals surface area contributed by atoms with Crippen LogP contribution in [0.2, 0.25) is 0 Å². The van der Waals surface area contributed by atoms with Crippen molar-refractivity contribution in [3.63, 3.8) is 0 Å². The third kappa shape index (κ3) is 4.12. The Labute approximate surface area is 153 Å². The first-order valence-corrected chi connectivity index (χ1v) is 9.96. The number of aliphatic hydroxyl groups is 1. The van der Waals surface area contributed by atoms with Crippen molar-refractivity contribution in [1.82, 2.24) is 4.31 Å². The lowest BCUT2D eigenvalue weighted by Gasteiger charge is -2.28. The minimum atomic E-state index is -3.68. The van der Waals surface area contributed by atoms with Gasteiger partial charge >= 0.3 is 0 Å². The molecule has 1 amide bonds. The van der Waals surface area contributed by atoms with Crippen molar-refractivity contribution in [1.29, 1.82) is 0 Å². The molecule has 1 aliphatic rings. The fraction of sp³-hybridized carbons (Fsp3) is 0.316. The number of nitrogens with zero attached hydrogens (tertiary/aromatic N) is 1. The predicted molar refractivity (Wildman–Crippen MR) is 99.6 cm³/mol. The number of aryl methyl sites for hydroxylation is 1. The molecule has 2 N–H and O–H groups in total. The summed E-state index contributed by atoms with van der Waals surface area (Å²) in [5.41, 5.74) is 1.96. The lowest BCUT2D eigenvalue weighted by Crippen LogP contribution is -2.40. The van der Waals surface area contributed by atoms with E-state index in [4.69, 9.17) is 0 Å². The van der Waals surface area contributed by atoms with Crippen molar-refractivity contribution in [3.8, 4) is 0 Å². The van der Waals surface area contributed by atoms with E-state index in [9.17, 15) is 18.3 Å². The molecule has 0 saturated carbocycles. The molecule has 26 heavy (non-hydrogen) atoms. The minimum Gasteiger partial charge on any atom is -0.393 e. The number of hydrogen-bond donors (Lipinski definition) is 2.